The number of pyridine rings is 2. The lowest BCUT2D eigenvalue weighted by molar-refractivity contribution is 0.104. The van der Waals surface area contributed by atoms with Gasteiger partial charge in [-0.3, -0.25) is 31.5 Å². The number of nitrogens with one attached hydrogen (secondary N) is 1. The van der Waals surface area contributed by atoms with Gasteiger partial charge in [-0.15, -0.1) is 22.7 Å². The molecule has 0 aliphatic heterocycles. The molecule has 0 saturated heterocycles. The average Bonchev–Trinajstić information content (AvgIpc) is 3.70. The Bertz CT molecular complexity index is 1450. The number of aryl methyl sites for hydroxylation is 2. The number of allylic oxidation sites excluding steroid dienone is 1. The fourth-order valence-corrected chi connectivity index (χ4v) is 5.18. The largest absolute Gasteiger partial charge is 0.412 e. The first-order valence-electron chi connectivity index (χ1n) is 11.4. The van der Waals surface area contributed by atoms with Gasteiger partial charge < -0.3 is 10.4 Å². The minimum absolute atomic E-state index is 0. The molecule has 5 heterocycles. The zero-order valence-electron chi connectivity index (χ0n) is 22.0. The molecule has 0 atom stereocenters. The van der Waals surface area contributed by atoms with E-state index in [2.05, 4.69) is 41.8 Å². The number of aromatic amines is 1. The van der Waals surface area contributed by atoms with E-state index in [-0.39, 0.29) is 11.3 Å². The third kappa shape index (κ3) is 8.43. The Labute approximate surface area is 234 Å². The first-order chi connectivity index (χ1) is 18.4. The van der Waals surface area contributed by atoms with Crippen LogP contribution in [0.4, 0.5) is 0 Å². The van der Waals surface area contributed by atoms with E-state index >= 15 is 0 Å². The predicted octanol–water partition coefficient (Wildman–Crippen LogP) is 3.67. The monoisotopic (exact) mass is 565 g/mol. The van der Waals surface area contributed by atoms with Crippen molar-refractivity contribution in [1.82, 2.24) is 35.0 Å². The lowest BCUT2D eigenvalue weighted by atomic mass is 10.2. The summed E-state index contributed by atoms with van der Waals surface area (Å²) in [4.78, 5) is 32.9. The Balaban J connectivity index is 0.000000252. The number of carbonyl (C=O) groups is 1. The smallest absolute Gasteiger partial charge is 0.199 e. The van der Waals surface area contributed by atoms with Crippen LogP contribution >= 0.6 is 22.7 Å². The molecule has 0 spiro atoms. The molecule has 0 bridgehead atoms. The maximum Gasteiger partial charge on any atom is 0.199 e. The van der Waals surface area contributed by atoms with Gasteiger partial charge in [0.25, 0.3) is 0 Å². The predicted molar refractivity (Wildman–Crippen MR) is 157 cm³/mol. The number of hydrogen-bond acceptors (Lipinski definition) is 11. The van der Waals surface area contributed by atoms with Gasteiger partial charge >= 0.3 is 0 Å². The van der Waals surface area contributed by atoms with Crippen molar-refractivity contribution < 1.29 is 10.3 Å². The van der Waals surface area contributed by atoms with E-state index < -0.39 is 0 Å². The molecule has 204 valence electrons. The summed E-state index contributed by atoms with van der Waals surface area (Å²) in [6, 6.07) is 9.69. The van der Waals surface area contributed by atoms with Gasteiger partial charge in [-0.25, -0.2) is 9.97 Å². The Hall–Kier alpha value is -4.14. The molecule has 0 saturated carbocycles. The Morgan fingerprint density at radius 1 is 0.897 bits per heavy atom. The lowest BCUT2D eigenvalue weighted by Crippen LogP contribution is -2.02. The van der Waals surface area contributed by atoms with E-state index in [1.54, 1.807) is 48.4 Å². The quantitative estimate of drug-likeness (QED) is 0.120. The Kier molecular flexibility index (Phi) is 12.2. The third-order valence-corrected chi connectivity index (χ3v) is 7.36. The highest BCUT2D eigenvalue weighted by atomic mass is 32.1. The minimum Gasteiger partial charge on any atom is -0.412 e. The van der Waals surface area contributed by atoms with Crippen LogP contribution in [0.1, 0.15) is 21.1 Å². The molecular formula is C26H31N9O2S2. The van der Waals surface area contributed by atoms with Crippen LogP contribution in [0, 0.1) is 13.8 Å². The lowest BCUT2D eigenvalue weighted by Gasteiger charge is -2.01. The van der Waals surface area contributed by atoms with Crippen molar-refractivity contribution in [1.29, 1.82) is 0 Å². The molecule has 5 rings (SSSR count). The molecule has 5 aromatic heterocycles. The van der Waals surface area contributed by atoms with Crippen molar-refractivity contribution >= 4 is 28.5 Å². The standard InChI is InChI=1S/C14H15N3OS.C12H10N4S.H4N2.H2O/c1-10-13(12(18)6-8-17(2)3)19-14(16-10)11-5-4-7-15-9-11;1-8-11(10-4-6-14-16-10)17-12(15-8)9-3-2-5-13-7-9;1-2;/h4-9H,1-3H3;2-7H,1H3,(H,14,16);1-2H2;1H2/b8-6+;;;. The van der Waals surface area contributed by atoms with Crippen molar-refractivity contribution in [2.45, 2.75) is 13.8 Å². The van der Waals surface area contributed by atoms with Gasteiger partial charge in [0.1, 0.15) is 10.0 Å². The number of H-pyrrole nitrogens is 1. The second-order valence-corrected chi connectivity index (χ2v) is 9.96. The third-order valence-electron chi connectivity index (χ3n) is 4.90. The second kappa shape index (κ2) is 15.3. The van der Waals surface area contributed by atoms with Crippen LogP contribution < -0.4 is 11.7 Å². The summed E-state index contributed by atoms with van der Waals surface area (Å²) in [5.41, 5.74) is 4.77. The minimum atomic E-state index is -0.0150. The first-order valence-corrected chi connectivity index (χ1v) is 13.0. The molecule has 0 aliphatic rings. The van der Waals surface area contributed by atoms with E-state index in [9.17, 15) is 4.79 Å². The van der Waals surface area contributed by atoms with Gasteiger partial charge in [0.2, 0.25) is 0 Å². The van der Waals surface area contributed by atoms with Crippen molar-refractivity contribution in [2.75, 3.05) is 14.1 Å². The molecule has 0 aliphatic carbocycles. The Morgan fingerprint density at radius 3 is 2.00 bits per heavy atom. The van der Waals surface area contributed by atoms with Crippen molar-refractivity contribution in [3.63, 3.8) is 0 Å². The van der Waals surface area contributed by atoms with E-state index in [0.29, 0.717) is 4.88 Å². The zero-order chi connectivity index (χ0) is 27.5. The number of rotatable bonds is 6. The molecule has 0 radical (unpaired) electrons. The van der Waals surface area contributed by atoms with E-state index in [0.717, 1.165) is 43.1 Å². The maximum atomic E-state index is 12.1. The fraction of sp³-hybridized carbons (Fsp3) is 0.154. The van der Waals surface area contributed by atoms with E-state index in [1.165, 1.54) is 11.3 Å². The SMILES string of the molecule is Cc1nc(-c2cccnc2)sc1-c1ccn[nH]1.Cc1nc(-c2cccnc2)sc1C(=O)/C=C/N(C)C.NN.O. The zero-order valence-corrected chi connectivity index (χ0v) is 23.6. The molecule has 0 amide bonds. The number of nitrogens with two attached hydrogens (primary N) is 2. The average molecular weight is 566 g/mol. The molecule has 0 aromatic carbocycles. The first kappa shape index (κ1) is 31.1. The van der Waals surface area contributed by atoms with Crippen LogP contribution in [0.25, 0.3) is 31.7 Å². The van der Waals surface area contributed by atoms with Crippen LogP contribution in [0.2, 0.25) is 0 Å². The number of carbonyl (C=O) groups excluding carboxylic acids is 1. The highest BCUT2D eigenvalue weighted by Gasteiger charge is 2.14. The van der Waals surface area contributed by atoms with Crippen LogP contribution in [-0.4, -0.2) is 60.4 Å². The van der Waals surface area contributed by atoms with Gasteiger partial charge in [-0.1, -0.05) is 0 Å². The number of nitrogens with zero attached hydrogens (tertiary/aromatic N) is 6. The summed E-state index contributed by atoms with van der Waals surface area (Å²) < 4.78 is 0. The molecule has 11 nitrogen and oxygen atoms in total. The number of aromatic nitrogens is 6. The van der Waals surface area contributed by atoms with Gasteiger partial charge in [0.15, 0.2) is 5.78 Å². The summed E-state index contributed by atoms with van der Waals surface area (Å²) in [7, 11) is 3.76. The normalized spacial score (nSPS) is 10.1. The molecule has 39 heavy (non-hydrogen) atoms. The highest BCUT2D eigenvalue weighted by molar-refractivity contribution is 7.18. The second-order valence-electron chi connectivity index (χ2n) is 7.96. The highest BCUT2D eigenvalue weighted by Crippen LogP contribution is 2.33. The van der Waals surface area contributed by atoms with Gasteiger partial charge in [0.05, 0.1) is 26.8 Å². The molecule has 0 unspecified atom stereocenters. The summed E-state index contributed by atoms with van der Waals surface area (Å²) >= 11 is 3.05. The van der Waals surface area contributed by atoms with Crippen LogP contribution in [0.15, 0.2) is 73.6 Å². The number of thiazole rings is 2. The summed E-state index contributed by atoms with van der Waals surface area (Å²) in [5.74, 6) is 7.99. The molecule has 5 aromatic rings. The van der Waals surface area contributed by atoms with E-state index in [4.69, 9.17) is 0 Å². The van der Waals surface area contributed by atoms with Crippen LogP contribution in [0.5, 0.6) is 0 Å². The van der Waals surface area contributed by atoms with Crippen LogP contribution in [0.3, 0.4) is 0 Å². The van der Waals surface area contributed by atoms with Gasteiger partial charge in [-0.2, -0.15) is 5.10 Å². The maximum absolute atomic E-state index is 12.1. The topological polar surface area (TPSA) is 184 Å². The summed E-state index contributed by atoms with van der Waals surface area (Å²) in [5, 5.41) is 8.74. The number of ketones is 1. The number of hydrogen-bond donors (Lipinski definition) is 3. The molecular weight excluding hydrogens is 534 g/mol. The molecule has 13 heteroatoms. The van der Waals surface area contributed by atoms with Crippen molar-refractivity contribution in [3.8, 4) is 31.7 Å². The summed E-state index contributed by atoms with van der Waals surface area (Å²) in [6.45, 7) is 3.86. The Morgan fingerprint density at radius 2 is 1.49 bits per heavy atom. The fourth-order valence-electron chi connectivity index (χ4n) is 3.17. The van der Waals surface area contributed by atoms with Crippen molar-refractivity contribution in [3.05, 3.63) is 89.9 Å². The van der Waals surface area contributed by atoms with Gasteiger partial charge in [0, 0.05) is 68.5 Å². The molecule has 7 N–H and O–H groups in total. The van der Waals surface area contributed by atoms with E-state index in [1.807, 2.05) is 69.4 Å². The van der Waals surface area contributed by atoms with Crippen LogP contribution in [-0.2, 0) is 0 Å². The number of hydrazine groups is 1. The van der Waals surface area contributed by atoms with Gasteiger partial charge in [-0.05, 0) is 44.2 Å². The molecule has 0 fully saturated rings. The van der Waals surface area contributed by atoms with Crippen molar-refractivity contribution in [2.24, 2.45) is 11.7 Å². The summed E-state index contributed by atoms with van der Waals surface area (Å²) in [6.07, 6.45) is 12.1.